The first-order valence-corrected chi connectivity index (χ1v) is 18.2. The van der Waals surface area contributed by atoms with Gasteiger partial charge in [-0.2, -0.15) is 0 Å². The second-order valence-corrected chi connectivity index (χ2v) is 14.4. The van der Waals surface area contributed by atoms with Crippen LogP contribution in [-0.4, -0.2) is 9.13 Å². The van der Waals surface area contributed by atoms with Crippen molar-refractivity contribution >= 4 is 75.1 Å². The third kappa shape index (κ3) is 4.35. The normalized spacial score (nSPS) is 11.9. The van der Waals surface area contributed by atoms with E-state index >= 15 is 0 Å². The molecule has 3 aromatic heterocycles. The maximum absolute atomic E-state index is 2.42. The van der Waals surface area contributed by atoms with E-state index in [0.29, 0.717) is 0 Å². The van der Waals surface area contributed by atoms with E-state index in [1.54, 1.807) is 0 Å². The number of hydrogen-bond donors (Lipinski definition) is 0. The highest BCUT2D eigenvalue weighted by atomic mass is 32.1. The van der Waals surface area contributed by atoms with Crippen molar-refractivity contribution in [1.29, 1.82) is 0 Å². The highest BCUT2D eigenvalue weighted by Crippen LogP contribution is 2.40. The molecule has 51 heavy (non-hydrogen) atoms. The van der Waals surface area contributed by atoms with Crippen LogP contribution in [0.15, 0.2) is 182 Å². The first kappa shape index (κ1) is 28.4. The van der Waals surface area contributed by atoms with Crippen molar-refractivity contribution in [3.63, 3.8) is 0 Å². The number of benzene rings is 8. The third-order valence-corrected chi connectivity index (χ3v) is 11.6. The molecule has 0 aliphatic carbocycles. The molecule has 0 saturated carbocycles. The van der Waals surface area contributed by atoms with Crippen LogP contribution in [0.5, 0.6) is 0 Å². The maximum atomic E-state index is 2.42. The summed E-state index contributed by atoms with van der Waals surface area (Å²) >= 11 is 1.87. The Morgan fingerprint density at radius 3 is 1.63 bits per heavy atom. The van der Waals surface area contributed by atoms with E-state index in [1.165, 1.54) is 91.7 Å². The summed E-state index contributed by atoms with van der Waals surface area (Å²) < 4.78 is 7.48. The number of rotatable bonds is 4. The van der Waals surface area contributed by atoms with E-state index in [-0.39, 0.29) is 0 Å². The van der Waals surface area contributed by atoms with Crippen molar-refractivity contribution in [2.45, 2.75) is 0 Å². The summed E-state index contributed by atoms with van der Waals surface area (Å²) in [6.45, 7) is 0. The molecule has 11 rings (SSSR count). The minimum Gasteiger partial charge on any atom is -0.309 e. The van der Waals surface area contributed by atoms with Gasteiger partial charge in [0, 0.05) is 53.1 Å². The monoisotopic (exact) mass is 666 g/mol. The van der Waals surface area contributed by atoms with Crippen LogP contribution in [0.2, 0.25) is 0 Å². The Morgan fingerprint density at radius 1 is 0.275 bits per heavy atom. The van der Waals surface area contributed by atoms with Crippen molar-refractivity contribution in [2.24, 2.45) is 0 Å². The van der Waals surface area contributed by atoms with Crippen molar-refractivity contribution < 1.29 is 0 Å². The van der Waals surface area contributed by atoms with Crippen molar-refractivity contribution in [2.75, 3.05) is 0 Å². The molecule has 0 fully saturated rings. The number of thiophene rings is 1. The Balaban J connectivity index is 1.06. The number of fused-ring (bicyclic) bond motifs is 9. The van der Waals surface area contributed by atoms with Crippen LogP contribution >= 0.6 is 11.3 Å². The van der Waals surface area contributed by atoms with E-state index in [0.717, 1.165) is 5.69 Å². The average molecular weight is 667 g/mol. The van der Waals surface area contributed by atoms with Crippen LogP contribution < -0.4 is 0 Å². The molecule has 3 heterocycles. The minimum atomic E-state index is 1.16. The molecule has 0 N–H and O–H groups in total. The van der Waals surface area contributed by atoms with Gasteiger partial charge in [0.25, 0.3) is 0 Å². The SMILES string of the molecule is c1ccc(-n2c3ccccc3c3ccc(-c4ccc5c(c4)c4ccccc4n5-c4cccc(-c5ccc6c(c5)sc5ccccc56)c4)cc32)cc1. The molecule has 238 valence electrons. The van der Waals surface area contributed by atoms with Gasteiger partial charge in [-0.05, 0) is 89.0 Å². The number of nitrogens with zero attached hydrogens (tertiary/aromatic N) is 2. The molecule has 0 amide bonds. The second-order valence-electron chi connectivity index (χ2n) is 13.4. The molecule has 0 unspecified atom stereocenters. The van der Waals surface area contributed by atoms with Crippen molar-refractivity contribution in [3.05, 3.63) is 182 Å². The molecule has 0 bridgehead atoms. The van der Waals surface area contributed by atoms with Gasteiger partial charge in [0.2, 0.25) is 0 Å². The standard InChI is InChI=1S/C48H30N2S/c1-2-12-35(13-3-1)49-43-18-7-4-15-37(43)39-24-21-33(29-46(39)49)32-23-26-45-42(28-32)38-16-5-8-19-44(38)50(45)36-14-10-11-31(27-36)34-22-25-41-40-17-6-9-20-47(40)51-48(41)30-34/h1-30H. The van der Waals surface area contributed by atoms with Gasteiger partial charge in [-0.1, -0.05) is 115 Å². The number of hydrogen-bond acceptors (Lipinski definition) is 1. The summed E-state index contributed by atoms with van der Waals surface area (Å²) in [5.74, 6) is 0. The molecule has 0 aliphatic rings. The van der Waals surface area contributed by atoms with Crippen LogP contribution in [0.1, 0.15) is 0 Å². The smallest absolute Gasteiger partial charge is 0.0547 e. The number of aromatic nitrogens is 2. The Hall–Kier alpha value is -6.42. The lowest BCUT2D eigenvalue weighted by molar-refractivity contribution is 1.18. The van der Waals surface area contributed by atoms with Gasteiger partial charge < -0.3 is 9.13 Å². The van der Waals surface area contributed by atoms with E-state index in [1.807, 2.05) is 11.3 Å². The van der Waals surface area contributed by atoms with E-state index in [4.69, 9.17) is 0 Å². The zero-order chi connectivity index (χ0) is 33.5. The Labute approximate surface area is 298 Å². The van der Waals surface area contributed by atoms with Crippen molar-refractivity contribution in [3.8, 4) is 33.6 Å². The molecule has 0 spiro atoms. The minimum absolute atomic E-state index is 1.16. The molecule has 8 aromatic carbocycles. The van der Waals surface area contributed by atoms with Crippen LogP contribution in [0, 0.1) is 0 Å². The molecule has 11 aromatic rings. The summed E-state index contributed by atoms with van der Waals surface area (Å²) in [6, 6.07) is 66.7. The zero-order valence-electron chi connectivity index (χ0n) is 27.6. The topological polar surface area (TPSA) is 9.86 Å². The first-order valence-electron chi connectivity index (χ1n) is 17.4. The fourth-order valence-electron chi connectivity index (χ4n) is 8.17. The predicted octanol–water partition coefficient (Wildman–Crippen LogP) is 13.6. The first-order chi connectivity index (χ1) is 25.3. The second kappa shape index (κ2) is 11.0. The van der Waals surface area contributed by atoms with Crippen LogP contribution in [-0.2, 0) is 0 Å². The lowest BCUT2D eigenvalue weighted by Gasteiger charge is -2.11. The molecule has 0 radical (unpaired) electrons. The van der Waals surface area contributed by atoms with E-state index < -0.39 is 0 Å². The summed E-state index contributed by atoms with van der Waals surface area (Å²) in [4.78, 5) is 0. The van der Waals surface area contributed by atoms with Crippen LogP contribution in [0.3, 0.4) is 0 Å². The molecule has 0 saturated heterocycles. The zero-order valence-corrected chi connectivity index (χ0v) is 28.4. The quantitative estimate of drug-likeness (QED) is 0.177. The highest BCUT2D eigenvalue weighted by molar-refractivity contribution is 7.25. The molecule has 0 atom stereocenters. The molecular weight excluding hydrogens is 637 g/mol. The van der Waals surface area contributed by atoms with Gasteiger partial charge in [0.15, 0.2) is 0 Å². The van der Waals surface area contributed by atoms with Gasteiger partial charge in [-0.3, -0.25) is 0 Å². The fourth-order valence-corrected chi connectivity index (χ4v) is 9.31. The molecule has 0 aliphatic heterocycles. The third-order valence-electron chi connectivity index (χ3n) is 10.5. The lowest BCUT2D eigenvalue weighted by Crippen LogP contribution is -1.94. The van der Waals surface area contributed by atoms with E-state index in [9.17, 15) is 0 Å². The van der Waals surface area contributed by atoms with Gasteiger partial charge in [0.05, 0.1) is 22.1 Å². The fraction of sp³-hybridized carbons (Fsp3) is 0. The molecule has 2 nitrogen and oxygen atoms in total. The largest absolute Gasteiger partial charge is 0.309 e. The highest BCUT2D eigenvalue weighted by Gasteiger charge is 2.16. The van der Waals surface area contributed by atoms with Crippen LogP contribution in [0.4, 0.5) is 0 Å². The molecular formula is C48H30N2S. The van der Waals surface area contributed by atoms with Gasteiger partial charge in [-0.15, -0.1) is 11.3 Å². The summed E-state index contributed by atoms with van der Waals surface area (Å²) in [5, 5.41) is 7.71. The lowest BCUT2D eigenvalue weighted by atomic mass is 10.0. The maximum Gasteiger partial charge on any atom is 0.0547 e. The average Bonchev–Trinajstić information content (AvgIpc) is 3.85. The summed E-state index contributed by atoms with van der Waals surface area (Å²) in [5.41, 5.74) is 12.1. The Kier molecular flexibility index (Phi) is 6.16. The Bertz CT molecular complexity index is 3140. The van der Waals surface area contributed by atoms with Crippen LogP contribution in [0.25, 0.3) is 97.4 Å². The van der Waals surface area contributed by atoms with E-state index in [2.05, 4.69) is 191 Å². The summed E-state index contributed by atoms with van der Waals surface area (Å²) in [6.07, 6.45) is 0. The van der Waals surface area contributed by atoms with Gasteiger partial charge >= 0.3 is 0 Å². The number of para-hydroxylation sites is 3. The van der Waals surface area contributed by atoms with Gasteiger partial charge in [0.1, 0.15) is 0 Å². The Morgan fingerprint density at radius 2 is 0.804 bits per heavy atom. The molecule has 3 heteroatoms. The van der Waals surface area contributed by atoms with Gasteiger partial charge in [-0.25, -0.2) is 0 Å². The van der Waals surface area contributed by atoms with Crippen molar-refractivity contribution in [1.82, 2.24) is 9.13 Å². The summed E-state index contributed by atoms with van der Waals surface area (Å²) in [7, 11) is 0. The predicted molar refractivity (Wildman–Crippen MR) is 219 cm³/mol.